The molecule has 0 aliphatic heterocycles. The Balaban J connectivity index is 1.63. The highest BCUT2D eigenvalue weighted by Crippen LogP contribution is 2.20. The van der Waals surface area contributed by atoms with Crippen molar-refractivity contribution in [2.24, 2.45) is 0 Å². The first kappa shape index (κ1) is 16.5. The van der Waals surface area contributed by atoms with E-state index in [9.17, 15) is 4.79 Å². The van der Waals surface area contributed by atoms with Gasteiger partial charge in [-0.25, -0.2) is 4.79 Å². The van der Waals surface area contributed by atoms with E-state index in [2.05, 4.69) is 20.8 Å². The Labute approximate surface area is 145 Å². The first-order valence-electron chi connectivity index (χ1n) is 7.83. The number of anilines is 2. The molecule has 0 spiro atoms. The molecule has 0 saturated carbocycles. The molecule has 0 fully saturated rings. The van der Waals surface area contributed by atoms with Crippen molar-refractivity contribution in [3.63, 3.8) is 0 Å². The van der Waals surface area contributed by atoms with Crippen molar-refractivity contribution < 1.29 is 14.1 Å². The highest BCUT2D eigenvalue weighted by atomic mass is 16.5. The summed E-state index contributed by atoms with van der Waals surface area (Å²) in [5, 5.41) is 9.44. The summed E-state index contributed by atoms with van der Waals surface area (Å²) in [5.41, 5.74) is 2.12. The first-order valence-corrected chi connectivity index (χ1v) is 7.83. The zero-order valence-corrected chi connectivity index (χ0v) is 13.9. The number of ether oxygens (including phenoxy) is 1. The first-order chi connectivity index (χ1) is 12.2. The number of nitrogens with one attached hydrogen (secondary N) is 2. The van der Waals surface area contributed by atoms with Gasteiger partial charge < -0.3 is 19.9 Å². The fourth-order valence-corrected chi connectivity index (χ4v) is 2.21. The van der Waals surface area contributed by atoms with Gasteiger partial charge in [0.25, 0.3) is 0 Å². The largest absolute Gasteiger partial charge is 0.497 e. The Bertz CT molecular complexity index is 859. The topological polar surface area (TPSA) is 89.3 Å². The molecular weight excluding hydrogens is 320 g/mol. The van der Waals surface area contributed by atoms with Crippen LogP contribution in [0.3, 0.4) is 0 Å². The van der Waals surface area contributed by atoms with Crippen molar-refractivity contribution in [2.45, 2.75) is 13.3 Å². The van der Waals surface area contributed by atoms with Gasteiger partial charge in [0.2, 0.25) is 11.7 Å². The molecule has 1 aromatic heterocycles. The molecule has 0 unspecified atom stereocenters. The van der Waals surface area contributed by atoms with Gasteiger partial charge >= 0.3 is 6.03 Å². The molecule has 0 radical (unpaired) electrons. The molecule has 1 heterocycles. The average Bonchev–Trinajstić information content (AvgIpc) is 3.11. The fraction of sp³-hybridized carbons (Fsp3) is 0.167. The van der Waals surface area contributed by atoms with Crippen LogP contribution in [0.2, 0.25) is 0 Å². The Morgan fingerprint density at radius 2 is 1.88 bits per heavy atom. The Morgan fingerprint density at radius 1 is 1.12 bits per heavy atom. The number of methoxy groups -OCH3 is 1. The van der Waals surface area contributed by atoms with Gasteiger partial charge in [0.05, 0.1) is 7.11 Å². The van der Waals surface area contributed by atoms with Gasteiger partial charge in [0.1, 0.15) is 5.75 Å². The SMILES string of the molecule is CCc1nc(-c2ccc(NC(=O)Nc3cccc(OC)c3)cc2)no1. The number of amides is 2. The highest BCUT2D eigenvalue weighted by molar-refractivity contribution is 5.99. The number of hydrogen-bond acceptors (Lipinski definition) is 5. The normalized spacial score (nSPS) is 10.3. The third-order valence-electron chi connectivity index (χ3n) is 3.50. The quantitative estimate of drug-likeness (QED) is 0.735. The second-order valence-electron chi connectivity index (χ2n) is 5.25. The van der Waals surface area contributed by atoms with Crippen molar-refractivity contribution in [1.82, 2.24) is 10.1 Å². The van der Waals surface area contributed by atoms with E-state index in [1.807, 2.05) is 25.1 Å². The number of aryl methyl sites for hydroxylation is 1. The molecule has 7 heteroatoms. The van der Waals surface area contributed by atoms with Crippen molar-refractivity contribution in [3.05, 3.63) is 54.4 Å². The molecule has 0 aliphatic rings. The highest BCUT2D eigenvalue weighted by Gasteiger charge is 2.08. The summed E-state index contributed by atoms with van der Waals surface area (Å²) in [7, 11) is 1.58. The van der Waals surface area contributed by atoms with Gasteiger partial charge in [-0.3, -0.25) is 0 Å². The van der Waals surface area contributed by atoms with E-state index in [0.717, 1.165) is 5.56 Å². The second-order valence-corrected chi connectivity index (χ2v) is 5.25. The van der Waals surface area contributed by atoms with Gasteiger partial charge in [-0.15, -0.1) is 0 Å². The van der Waals surface area contributed by atoms with E-state index < -0.39 is 0 Å². The molecule has 2 aromatic carbocycles. The summed E-state index contributed by atoms with van der Waals surface area (Å²) in [6.07, 6.45) is 0.692. The molecule has 0 atom stereocenters. The zero-order chi connectivity index (χ0) is 17.6. The summed E-state index contributed by atoms with van der Waals surface area (Å²) in [6, 6.07) is 14.0. The van der Waals surface area contributed by atoms with Crippen LogP contribution in [0.15, 0.2) is 53.1 Å². The standard InChI is InChI=1S/C18H18N4O3/c1-3-16-21-17(22-25-16)12-7-9-13(10-8-12)19-18(23)20-14-5-4-6-15(11-14)24-2/h4-11H,3H2,1-2H3,(H2,19,20,23). The van der Waals surface area contributed by atoms with Crippen LogP contribution in [-0.2, 0) is 6.42 Å². The van der Waals surface area contributed by atoms with E-state index in [1.165, 1.54) is 0 Å². The zero-order valence-electron chi connectivity index (χ0n) is 13.9. The van der Waals surface area contributed by atoms with Crippen molar-refractivity contribution in [1.29, 1.82) is 0 Å². The number of aromatic nitrogens is 2. The van der Waals surface area contributed by atoms with E-state index in [0.29, 0.717) is 35.3 Å². The fourth-order valence-electron chi connectivity index (χ4n) is 2.21. The number of carbonyl (C=O) groups excluding carboxylic acids is 1. The maximum Gasteiger partial charge on any atom is 0.323 e. The lowest BCUT2D eigenvalue weighted by molar-refractivity contribution is 0.262. The molecule has 0 bridgehead atoms. The van der Waals surface area contributed by atoms with E-state index in [1.54, 1.807) is 37.4 Å². The lowest BCUT2D eigenvalue weighted by Crippen LogP contribution is -2.19. The number of carbonyl (C=O) groups is 1. The van der Waals surface area contributed by atoms with Crippen molar-refractivity contribution in [3.8, 4) is 17.1 Å². The number of hydrogen-bond donors (Lipinski definition) is 2. The molecule has 0 saturated heterocycles. The van der Waals surface area contributed by atoms with Crippen LogP contribution in [0.1, 0.15) is 12.8 Å². The van der Waals surface area contributed by atoms with Crippen LogP contribution in [0.25, 0.3) is 11.4 Å². The van der Waals surface area contributed by atoms with Gasteiger partial charge in [-0.2, -0.15) is 4.98 Å². The minimum Gasteiger partial charge on any atom is -0.497 e. The molecule has 25 heavy (non-hydrogen) atoms. The van der Waals surface area contributed by atoms with Crippen molar-refractivity contribution >= 4 is 17.4 Å². The lowest BCUT2D eigenvalue weighted by Gasteiger charge is -2.09. The van der Waals surface area contributed by atoms with Gasteiger partial charge in [-0.05, 0) is 36.4 Å². The molecule has 0 aliphatic carbocycles. The van der Waals surface area contributed by atoms with Crippen LogP contribution < -0.4 is 15.4 Å². The molecule has 2 amide bonds. The molecule has 2 N–H and O–H groups in total. The molecule has 3 rings (SSSR count). The monoisotopic (exact) mass is 338 g/mol. The van der Waals surface area contributed by atoms with Gasteiger partial charge in [0.15, 0.2) is 0 Å². The second kappa shape index (κ2) is 7.48. The Morgan fingerprint density at radius 3 is 2.56 bits per heavy atom. The van der Waals surface area contributed by atoms with Crippen molar-refractivity contribution in [2.75, 3.05) is 17.7 Å². The predicted molar refractivity (Wildman–Crippen MR) is 94.7 cm³/mol. The number of benzene rings is 2. The van der Waals surface area contributed by atoms with E-state index in [-0.39, 0.29) is 6.03 Å². The van der Waals surface area contributed by atoms with Crippen LogP contribution in [0.4, 0.5) is 16.2 Å². The summed E-state index contributed by atoms with van der Waals surface area (Å²) >= 11 is 0. The van der Waals surface area contributed by atoms with Crippen LogP contribution >= 0.6 is 0 Å². The summed E-state index contributed by atoms with van der Waals surface area (Å²) in [4.78, 5) is 16.3. The van der Waals surface area contributed by atoms with E-state index in [4.69, 9.17) is 9.26 Å². The Kier molecular flexibility index (Phi) is 4.94. The smallest absolute Gasteiger partial charge is 0.323 e. The third-order valence-corrected chi connectivity index (χ3v) is 3.50. The van der Waals surface area contributed by atoms with Crippen LogP contribution in [0.5, 0.6) is 5.75 Å². The Hall–Kier alpha value is -3.35. The van der Waals surface area contributed by atoms with Crippen LogP contribution in [0, 0.1) is 0 Å². The average molecular weight is 338 g/mol. The predicted octanol–water partition coefficient (Wildman–Crippen LogP) is 3.95. The molecular formula is C18H18N4O3. The van der Waals surface area contributed by atoms with E-state index >= 15 is 0 Å². The lowest BCUT2D eigenvalue weighted by atomic mass is 10.2. The summed E-state index contributed by atoms with van der Waals surface area (Å²) < 4.78 is 10.2. The maximum absolute atomic E-state index is 12.1. The minimum absolute atomic E-state index is 0.339. The summed E-state index contributed by atoms with van der Waals surface area (Å²) in [6.45, 7) is 1.95. The number of rotatable bonds is 5. The van der Waals surface area contributed by atoms with Gasteiger partial charge in [0, 0.05) is 29.4 Å². The molecule has 3 aromatic rings. The van der Waals surface area contributed by atoms with Gasteiger partial charge in [-0.1, -0.05) is 18.1 Å². The van der Waals surface area contributed by atoms with Crippen LogP contribution in [-0.4, -0.2) is 23.3 Å². The minimum atomic E-state index is -0.339. The summed E-state index contributed by atoms with van der Waals surface area (Å²) in [5.74, 6) is 1.80. The third kappa shape index (κ3) is 4.14. The maximum atomic E-state index is 12.1. The molecule has 128 valence electrons. The molecule has 7 nitrogen and oxygen atoms in total. The number of nitrogens with zero attached hydrogens (tertiary/aromatic N) is 2. The number of urea groups is 1.